The summed E-state index contributed by atoms with van der Waals surface area (Å²) in [5.74, 6) is -2.12. The Hall–Kier alpha value is -1.97. The average molecular weight is 384 g/mol. The molecule has 0 saturated carbocycles. The summed E-state index contributed by atoms with van der Waals surface area (Å²) >= 11 is 0. The van der Waals surface area contributed by atoms with Crippen LogP contribution in [-0.2, 0) is 14.8 Å². The van der Waals surface area contributed by atoms with Gasteiger partial charge in [-0.3, -0.25) is 4.79 Å². The molecular formula is C17H24N2O6S. The monoisotopic (exact) mass is 384 g/mol. The van der Waals surface area contributed by atoms with Crippen molar-refractivity contribution in [3.8, 4) is 0 Å². The zero-order valence-electron chi connectivity index (χ0n) is 14.8. The number of benzene rings is 1. The Balaban J connectivity index is 2.19. The van der Waals surface area contributed by atoms with E-state index in [0.717, 1.165) is 26.2 Å². The van der Waals surface area contributed by atoms with Gasteiger partial charge in [-0.2, -0.15) is 4.31 Å². The maximum absolute atomic E-state index is 12.9. The lowest BCUT2D eigenvalue weighted by Crippen LogP contribution is -2.46. The molecule has 0 aromatic heterocycles. The Morgan fingerprint density at radius 2 is 2.04 bits per heavy atom. The fourth-order valence-electron chi connectivity index (χ4n) is 2.79. The van der Waals surface area contributed by atoms with E-state index in [1.807, 2.05) is 6.92 Å². The molecule has 9 heteroatoms. The van der Waals surface area contributed by atoms with E-state index in [1.54, 1.807) is 0 Å². The minimum Gasteiger partial charge on any atom is -0.479 e. The van der Waals surface area contributed by atoms with Crippen molar-refractivity contribution < 1.29 is 28.2 Å². The zero-order chi connectivity index (χ0) is 19.5. The van der Waals surface area contributed by atoms with Crippen LogP contribution >= 0.6 is 0 Å². The van der Waals surface area contributed by atoms with Crippen molar-refractivity contribution in [2.24, 2.45) is 0 Å². The largest absolute Gasteiger partial charge is 0.479 e. The summed E-state index contributed by atoms with van der Waals surface area (Å²) in [6, 6.07) is 5.49. The van der Waals surface area contributed by atoms with Crippen LogP contribution in [0.3, 0.4) is 0 Å². The lowest BCUT2D eigenvalue weighted by Gasteiger charge is -2.32. The molecule has 1 aliphatic heterocycles. The number of hydrogen-bond acceptors (Lipinski definition) is 5. The fourth-order valence-corrected chi connectivity index (χ4v) is 4.54. The van der Waals surface area contributed by atoms with Crippen LogP contribution < -0.4 is 5.32 Å². The van der Waals surface area contributed by atoms with Gasteiger partial charge in [0.1, 0.15) is 0 Å². The molecule has 1 fully saturated rings. The highest BCUT2D eigenvalue weighted by Gasteiger charge is 2.32. The van der Waals surface area contributed by atoms with E-state index in [2.05, 4.69) is 5.32 Å². The number of piperidine rings is 1. The molecule has 3 N–H and O–H groups in total. The number of carboxylic acids is 1. The van der Waals surface area contributed by atoms with Crippen LogP contribution in [0.15, 0.2) is 29.2 Å². The number of carboxylic acid groups (broad SMARTS) is 1. The van der Waals surface area contributed by atoms with Crippen LogP contribution in [0.5, 0.6) is 0 Å². The van der Waals surface area contributed by atoms with E-state index >= 15 is 0 Å². The molecule has 0 radical (unpaired) electrons. The maximum atomic E-state index is 12.9. The van der Waals surface area contributed by atoms with Gasteiger partial charge in [-0.25, -0.2) is 13.2 Å². The van der Waals surface area contributed by atoms with Crippen LogP contribution in [0.4, 0.5) is 0 Å². The van der Waals surface area contributed by atoms with Gasteiger partial charge < -0.3 is 15.5 Å². The summed E-state index contributed by atoms with van der Waals surface area (Å²) in [4.78, 5) is 23.1. The van der Waals surface area contributed by atoms with Crippen LogP contribution in [0, 0.1) is 0 Å². The van der Waals surface area contributed by atoms with Crippen molar-refractivity contribution in [2.45, 2.75) is 49.6 Å². The summed E-state index contributed by atoms with van der Waals surface area (Å²) < 4.78 is 27.2. The van der Waals surface area contributed by atoms with E-state index in [4.69, 9.17) is 5.11 Å². The Morgan fingerprint density at radius 3 is 2.65 bits per heavy atom. The number of rotatable bonds is 6. The van der Waals surface area contributed by atoms with Gasteiger partial charge in [0.05, 0.1) is 11.4 Å². The first-order valence-corrected chi connectivity index (χ1v) is 9.85. The molecule has 1 amide bonds. The van der Waals surface area contributed by atoms with Gasteiger partial charge in [0.2, 0.25) is 10.0 Å². The molecule has 1 heterocycles. The summed E-state index contributed by atoms with van der Waals surface area (Å²) in [6.07, 6.45) is 2.58. The van der Waals surface area contributed by atoms with E-state index in [1.165, 1.54) is 28.6 Å². The number of aliphatic carboxylic acids is 1. The van der Waals surface area contributed by atoms with Crippen molar-refractivity contribution in [1.82, 2.24) is 9.62 Å². The molecule has 8 nitrogen and oxygen atoms in total. The molecular weight excluding hydrogens is 360 g/mol. The molecule has 144 valence electrons. The average Bonchev–Trinajstić information content (AvgIpc) is 2.60. The quantitative estimate of drug-likeness (QED) is 0.667. The minimum absolute atomic E-state index is 0.0175. The van der Waals surface area contributed by atoms with Gasteiger partial charge >= 0.3 is 5.97 Å². The molecule has 2 rings (SSSR count). The number of aliphatic hydroxyl groups is 1. The molecule has 0 bridgehead atoms. The van der Waals surface area contributed by atoms with Gasteiger partial charge in [0.15, 0.2) is 5.60 Å². The Labute approximate surface area is 152 Å². The topological polar surface area (TPSA) is 124 Å². The highest BCUT2D eigenvalue weighted by atomic mass is 32.2. The summed E-state index contributed by atoms with van der Waals surface area (Å²) in [7, 11) is -3.71. The summed E-state index contributed by atoms with van der Waals surface area (Å²) in [5.41, 5.74) is -2.03. The smallest absolute Gasteiger partial charge is 0.337 e. The van der Waals surface area contributed by atoms with E-state index < -0.39 is 34.0 Å². The third-order valence-electron chi connectivity index (χ3n) is 4.50. The summed E-state index contributed by atoms with van der Waals surface area (Å²) in [6.45, 7) is 2.87. The van der Waals surface area contributed by atoms with Gasteiger partial charge in [-0.05, 0) is 44.9 Å². The SMILES string of the molecule is CC1CCCCN1S(=O)(=O)c1cccc(C(=O)NCC(C)(O)C(=O)O)c1. The van der Waals surface area contributed by atoms with E-state index in [-0.39, 0.29) is 16.5 Å². The number of hydrogen-bond donors (Lipinski definition) is 3. The normalized spacial score (nSPS) is 21.0. The molecule has 26 heavy (non-hydrogen) atoms. The first-order valence-electron chi connectivity index (χ1n) is 8.41. The van der Waals surface area contributed by atoms with Gasteiger partial charge in [0, 0.05) is 18.2 Å². The van der Waals surface area contributed by atoms with Gasteiger partial charge in [-0.15, -0.1) is 0 Å². The van der Waals surface area contributed by atoms with Crippen LogP contribution in [-0.4, -0.2) is 59.5 Å². The molecule has 0 aliphatic carbocycles. The Kier molecular flexibility index (Phi) is 6.05. The second-order valence-electron chi connectivity index (χ2n) is 6.75. The lowest BCUT2D eigenvalue weighted by molar-refractivity contribution is -0.155. The maximum Gasteiger partial charge on any atom is 0.337 e. The predicted molar refractivity (Wildman–Crippen MR) is 94.2 cm³/mol. The standard InChI is InChI=1S/C17H24N2O6S/c1-12-6-3-4-9-19(12)26(24,25)14-8-5-7-13(10-14)15(20)18-11-17(2,23)16(21)22/h5,7-8,10,12,23H,3-4,6,9,11H2,1-2H3,(H,18,20)(H,21,22). The zero-order valence-corrected chi connectivity index (χ0v) is 15.6. The molecule has 1 aromatic rings. The third kappa shape index (κ3) is 4.40. The third-order valence-corrected chi connectivity index (χ3v) is 6.51. The molecule has 2 atom stereocenters. The number of sulfonamides is 1. The fraction of sp³-hybridized carbons (Fsp3) is 0.529. The van der Waals surface area contributed by atoms with Crippen molar-refractivity contribution in [3.63, 3.8) is 0 Å². The molecule has 0 spiro atoms. The van der Waals surface area contributed by atoms with Crippen LogP contribution in [0.1, 0.15) is 43.5 Å². The molecule has 1 aliphatic rings. The lowest BCUT2D eigenvalue weighted by atomic mass is 10.1. The number of nitrogens with zero attached hydrogens (tertiary/aromatic N) is 1. The predicted octanol–water partition coefficient (Wildman–Crippen LogP) is 0.815. The second kappa shape index (κ2) is 7.73. The van der Waals surface area contributed by atoms with E-state index in [9.17, 15) is 23.1 Å². The summed E-state index contributed by atoms with van der Waals surface area (Å²) in [5, 5.41) is 20.8. The Morgan fingerprint density at radius 1 is 1.35 bits per heavy atom. The van der Waals surface area contributed by atoms with Crippen molar-refractivity contribution >= 4 is 21.9 Å². The highest BCUT2D eigenvalue weighted by Crippen LogP contribution is 2.25. The Bertz CT molecular complexity index is 790. The van der Waals surface area contributed by atoms with E-state index in [0.29, 0.717) is 6.54 Å². The number of carbonyl (C=O) groups excluding carboxylic acids is 1. The highest BCUT2D eigenvalue weighted by molar-refractivity contribution is 7.89. The number of amides is 1. The number of carbonyl (C=O) groups is 2. The van der Waals surface area contributed by atoms with Crippen molar-refractivity contribution in [3.05, 3.63) is 29.8 Å². The van der Waals surface area contributed by atoms with Crippen molar-refractivity contribution in [1.29, 1.82) is 0 Å². The molecule has 1 saturated heterocycles. The van der Waals surface area contributed by atoms with Crippen molar-refractivity contribution in [2.75, 3.05) is 13.1 Å². The van der Waals surface area contributed by atoms with Crippen LogP contribution in [0.2, 0.25) is 0 Å². The molecule has 2 unspecified atom stereocenters. The first-order chi connectivity index (χ1) is 12.1. The first kappa shape index (κ1) is 20.3. The van der Waals surface area contributed by atoms with Crippen LogP contribution in [0.25, 0.3) is 0 Å². The van der Waals surface area contributed by atoms with Gasteiger partial charge in [-0.1, -0.05) is 12.5 Å². The molecule has 1 aromatic carbocycles. The minimum atomic E-state index is -3.71. The second-order valence-corrected chi connectivity index (χ2v) is 8.64. The van der Waals surface area contributed by atoms with Gasteiger partial charge in [0.25, 0.3) is 5.91 Å². The number of nitrogens with one attached hydrogen (secondary N) is 1.